The lowest BCUT2D eigenvalue weighted by Crippen LogP contribution is -2.41. The molecule has 6 nitrogen and oxygen atoms in total. The molecule has 1 aromatic carbocycles. The van der Waals surface area contributed by atoms with Gasteiger partial charge in [-0.1, -0.05) is 13.8 Å². The molecule has 0 saturated carbocycles. The summed E-state index contributed by atoms with van der Waals surface area (Å²) in [5.41, 5.74) is 0.892. The van der Waals surface area contributed by atoms with Gasteiger partial charge in [0.15, 0.2) is 0 Å². The Kier molecular flexibility index (Phi) is 6.41. The van der Waals surface area contributed by atoms with Crippen molar-refractivity contribution >= 4 is 10.0 Å². The number of morpholine rings is 1. The van der Waals surface area contributed by atoms with Crippen LogP contribution < -0.4 is 9.46 Å². The first-order chi connectivity index (χ1) is 10.9. The van der Waals surface area contributed by atoms with E-state index < -0.39 is 10.0 Å². The molecule has 0 atom stereocenters. The summed E-state index contributed by atoms with van der Waals surface area (Å²) in [6.07, 6.45) is 0. The lowest BCUT2D eigenvalue weighted by Gasteiger charge is -2.26. The Hall–Kier alpha value is -1.15. The number of sulfonamides is 1. The molecule has 130 valence electrons. The predicted octanol–water partition coefficient (Wildman–Crippen LogP) is 1.43. The van der Waals surface area contributed by atoms with Crippen LogP contribution >= 0.6 is 0 Å². The van der Waals surface area contributed by atoms with E-state index in [0.29, 0.717) is 32.1 Å². The van der Waals surface area contributed by atoms with Crippen LogP contribution in [0.2, 0.25) is 0 Å². The van der Waals surface area contributed by atoms with Gasteiger partial charge in [0.05, 0.1) is 25.2 Å². The number of nitrogens with zero attached hydrogens (tertiary/aromatic N) is 1. The molecular weight excluding hydrogens is 316 g/mol. The second-order valence-corrected chi connectivity index (χ2v) is 7.68. The number of hydrogen-bond acceptors (Lipinski definition) is 5. The van der Waals surface area contributed by atoms with Crippen molar-refractivity contribution in [2.45, 2.75) is 24.7 Å². The van der Waals surface area contributed by atoms with Gasteiger partial charge in [-0.05, 0) is 29.7 Å². The predicted molar refractivity (Wildman–Crippen MR) is 89.5 cm³/mol. The SMILES string of the molecule is COc1ccc(S(=O)(=O)NCCN2CCOCC2)cc1C(C)C. The first kappa shape index (κ1) is 18.2. The van der Waals surface area contributed by atoms with E-state index in [1.807, 2.05) is 13.8 Å². The van der Waals surface area contributed by atoms with E-state index in [-0.39, 0.29) is 10.8 Å². The van der Waals surface area contributed by atoms with Crippen molar-refractivity contribution in [2.75, 3.05) is 46.5 Å². The molecule has 23 heavy (non-hydrogen) atoms. The molecule has 0 unspecified atom stereocenters. The largest absolute Gasteiger partial charge is 0.496 e. The van der Waals surface area contributed by atoms with Gasteiger partial charge < -0.3 is 9.47 Å². The standard InChI is InChI=1S/C16H26N2O4S/c1-13(2)15-12-14(4-5-16(15)21-3)23(19,20)17-6-7-18-8-10-22-11-9-18/h4-5,12-13,17H,6-11H2,1-3H3. The summed E-state index contributed by atoms with van der Waals surface area (Å²) in [4.78, 5) is 2.48. The first-order valence-corrected chi connectivity index (χ1v) is 9.40. The van der Waals surface area contributed by atoms with Crippen molar-refractivity contribution in [1.29, 1.82) is 0 Å². The molecule has 1 fully saturated rings. The normalized spacial score (nSPS) is 16.7. The van der Waals surface area contributed by atoms with Crippen LogP contribution in [0.1, 0.15) is 25.3 Å². The summed E-state index contributed by atoms with van der Waals surface area (Å²) >= 11 is 0. The molecular formula is C16H26N2O4S. The third kappa shape index (κ3) is 4.91. The maximum Gasteiger partial charge on any atom is 0.240 e. The molecule has 1 saturated heterocycles. The number of ether oxygens (including phenoxy) is 2. The van der Waals surface area contributed by atoms with Crippen LogP contribution in [0.25, 0.3) is 0 Å². The highest BCUT2D eigenvalue weighted by Crippen LogP contribution is 2.28. The number of benzene rings is 1. The molecule has 0 aliphatic carbocycles. The van der Waals surface area contributed by atoms with E-state index >= 15 is 0 Å². The molecule has 0 bridgehead atoms. The molecule has 1 aliphatic heterocycles. The van der Waals surface area contributed by atoms with Gasteiger partial charge in [0.25, 0.3) is 0 Å². The molecule has 2 rings (SSSR count). The lowest BCUT2D eigenvalue weighted by atomic mass is 10.0. The zero-order valence-electron chi connectivity index (χ0n) is 14.0. The molecule has 0 amide bonds. The zero-order valence-corrected chi connectivity index (χ0v) is 14.9. The fourth-order valence-corrected chi connectivity index (χ4v) is 3.63. The van der Waals surface area contributed by atoms with Crippen LogP contribution in [0, 0.1) is 0 Å². The lowest BCUT2D eigenvalue weighted by molar-refractivity contribution is 0.0390. The number of rotatable bonds is 7. The number of methoxy groups -OCH3 is 1. The van der Waals surface area contributed by atoms with Crippen LogP contribution in [-0.2, 0) is 14.8 Å². The van der Waals surface area contributed by atoms with E-state index in [1.54, 1.807) is 25.3 Å². The van der Waals surface area contributed by atoms with Gasteiger partial charge >= 0.3 is 0 Å². The summed E-state index contributed by atoms with van der Waals surface area (Å²) in [6, 6.07) is 4.99. The van der Waals surface area contributed by atoms with Gasteiger partial charge in [0.1, 0.15) is 5.75 Å². The summed E-state index contributed by atoms with van der Waals surface area (Å²) in [7, 11) is -1.91. The minimum atomic E-state index is -3.51. The summed E-state index contributed by atoms with van der Waals surface area (Å²) < 4.78 is 38.2. The van der Waals surface area contributed by atoms with Gasteiger partial charge in [-0.3, -0.25) is 4.90 Å². The van der Waals surface area contributed by atoms with Crippen molar-refractivity contribution in [3.8, 4) is 5.75 Å². The van der Waals surface area contributed by atoms with E-state index in [2.05, 4.69) is 9.62 Å². The first-order valence-electron chi connectivity index (χ1n) is 7.91. The van der Waals surface area contributed by atoms with E-state index in [9.17, 15) is 8.42 Å². The number of nitrogens with one attached hydrogen (secondary N) is 1. The van der Waals surface area contributed by atoms with E-state index in [4.69, 9.17) is 9.47 Å². The van der Waals surface area contributed by atoms with E-state index in [0.717, 1.165) is 18.7 Å². The Morgan fingerprint density at radius 2 is 2.00 bits per heavy atom. The molecule has 0 radical (unpaired) electrons. The third-order valence-electron chi connectivity index (χ3n) is 3.96. The molecule has 7 heteroatoms. The zero-order chi connectivity index (χ0) is 16.9. The highest BCUT2D eigenvalue weighted by atomic mass is 32.2. The molecule has 1 N–H and O–H groups in total. The van der Waals surface area contributed by atoms with Crippen molar-refractivity contribution in [3.63, 3.8) is 0 Å². The van der Waals surface area contributed by atoms with E-state index in [1.165, 1.54) is 0 Å². The monoisotopic (exact) mass is 342 g/mol. The quantitative estimate of drug-likeness (QED) is 0.812. The maximum absolute atomic E-state index is 12.5. The smallest absolute Gasteiger partial charge is 0.240 e. The highest BCUT2D eigenvalue weighted by Gasteiger charge is 2.18. The Labute approximate surface area is 138 Å². The van der Waals surface area contributed by atoms with Gasteiger partial charge in [-0.25, -0.2) is 13.1 Å². The molecule has 0 spiro atoms. The van der Waals surface area contributed by atoms with Crippen LogP contribution in [0.15, 0.2) is 23.1 Å². The van der Waals surface area contributed by atoms with Crippen molar-refractivity contribution in [1.82, 2.24) is 9.62 Å². The molecule has 1 heterocycles. The average Bonchev–Trinajstić information content (AvgIpc) is 2.55. The minimum absolute atomic E-state index is 0.188. The third-order valence-corrected chi connectivity index (χ3v) is 5.42. The van der Waals surface area contributed by atoms with Gasteiger partial charge in [-0.15, -0.1) is 0 Å². The Morgan fingerprint density at radius 1 is 1.30 bits per heavy atom. The van der Waals surface area contributed by atoms with Crippen LogP contribution in [-0.4, -0.2) is 59.8 Å². The highest BCUT2D eigenvalue weighted by molar-refractivity contribution is 7.89. The molecule has 1 aromatic rings. The fraction of sp³-hybridized carbons (Fsp3) is 0.625. The Morgan fingerprint density at radius 3 is 2.61 bits per heavy atom. The number of hydrogen-bond donors (Lipinski definition) is 1. The second kappa shape index (κ2) is 8.10. The van der Waals surface area contributed by atoms with Crippen LogP contribution in [0.3, 0.4) is 0 Å². The molecule has 1 aliphatic rings. The Balaban J connectivity index is 2.02. The van der Waals surface area contributed by atoms with Crippen molar-refractivity contribution in [2.24, 2.45) is 0 Å². The Bertz CT molecular complexity index is 611. The van der Waals surface area contributed by atoms with Gasteiger partial charge in [0.2, 0.25) is 10.0 Å². The summed E-state index contributed by atoms with van der Waals surface area (Å²) in [5.74, 6) is 0.903. The average molecular weight is 342 g/mol. The van der Waals surface area contributed by atoms with Crippen LogP contribution in [0.5, 0.6) is 5.75 Å². The van der Waals surface area contributed by atoms with Gasteiger partial charge in [-0.2, -0.15) is 0 Å². The second-order valence-electron chi connectivity index (χ2n) is 5.91. The summed E-state index contributed by atoms with van der Waals surface area (Å²) in [5, 5.41) is 0. The minimum Gasteiger partial charge on any atom is -0.496 e. The maximum atomic E-state index is 12.5. The van der Waals surface area contributed by atoms with Crippen LogP contribution in [0.4, 0.5) is 0 Å². The topological polar surface area (TPSA) is 67.9 Å². The fourth-order valence-electron chi connectivity index (χ4n) is 2.58. The molecule has 0 aromatic heterocycles. The van der Waals surface area contributed by atoms with Gasteiger partial charge in [0, 0.05) is 26.2 Å². The van der Waals surface area contributed by atoms with Crippen molar-refractivity contribution < 1.29 is 17.9 Å². The van der Waals surface area contributed by atoms with Crippen molar-refractivity contribution in [3.05, 3.63) is 23.8 Å². The summed E-state index contributed by atoms with van der Waals surface area (Å²) in [6.45, 7) is 8.23.